The fourth-order valence-electron chi connectivity index (χ4n) is 2.53. The molecule has 0 aliphatic heterocycles. The minimum absolute atomic E-state index is 0.186. The summed E-state index contributed by atoms with van der Waals surface area (Å²) in [6.45, 7) is 0.809. The van der Waals surface area contributed by atoms with Gasteiger partial charge < -0.3 is 11.1 Å². The predicted molar refractivity (Wildman–Crippen MR) is 91.3 cm³/mol. The quantitative estimate of drug-likeness (QED) is 0.808. The van der Waals surface area contributed by atoms with E-state index in [1.807, 2.05) is 0 Å². The molecule has 5 nitrogen and oxygen atoms in total. The largest absolute Gasteiger partial charge is 0.366 e. The Morgan fingerprint density at radius 2 is 1.96 bits per heavy atom. The number of carbonyl (C=O) groups excluding carboxylic acids is 2. The number of rotatable bonds is 7. The third-order valence-electron chi connectivity index (χ3n) is 3.89. The van der Waals surface area contributed by atoms with Crippen molar-refractivity contribution in [3.8, 4) is 0 Å². The van der Waals surface area contributed by atoms with Crippen LogP contribution in [0.2, 0.25) is 0 Å². The SMILES string of the molecule is NC(=O)c1ccsc1NC(=O)CN(Cc1ccc(F)cc1)C1CC1. The summed E-state index contributed by atoms with van der Waals surface area (Å²) in [5, 5.41) is 4.95. The number of primary amides is 1. The zero-order valence-corrected chi connectivity index (χ0v) is 13.8. The van der Waals surface area contributed by atoms with E-state index in [0.29, 0.717) is 23.2 Å². The van der Waals surface area contributed by atoms with E-state index < -0.39 is 5.91 Å². The first-order valence-electron chi connectivity index (χ1n) is 7.68. The molecule has 3 N–H and O–H groups in total. The van der Waals surface area contributed by atoms with Crippen molar-refractivity contribution in [2.24, 2.45) is 5.73 Å². The van der Waals surface area contributed by atoms with Crippen molar-refractivity contribution < 1.29 is 14.0 Å². The van der Waals surface area contributed by atoms with Crippen LogP contribution in [0.3, 0.4) is 0 Å². The molecule has 2 amide bonds. The van der Waals surface area contributed by atoms with E-state index in [2.05, 4.69) is 10.2 Å². The van der Waals surface area contributed by atoms with Crippen LogP contribution in [0.5, 0.6) is 0 Å². The van der Waals surface area contributed by atoms with Gasteiger partial charge in [0.2, 0.25) is 5.91 Å². The number of amides is 2. The highest BCUT2D eigenvalue weighted by Gasteiger charge is 2.30. The van der Waals surface area contributed by atoms with Crippen molar-refractivity contribution in [3.63, 3.8) is 0 Å². The zero-order valence-electron chi connectivity index (χ0n) is 13.0. The lowest BCUT2D eigenvalue weighted by atomic mass is 10.2. The number of halogens is 1. The molecule has 7 heteroatoms. The third-order valence-corrected chi connectivity index (χ3v) is 4.72. The smallest absolute Gasteiger partial charge is 0.251 e. The topological polar surface area (TPSA) is 75.4 Å². The molecule has 1 aromatic carbocycles. The number of benzene rings is 1. The maximum absolute atomic E-state index is 13.0. The maximum Gasteiger partial charge on any atom is 0.251 e. The zero-order chi connectivity index (χ0) is 17.1. The van der Waals surface area contributed by atoms with Crippen LogP contribution in [-0.4, -0.2) is 29.3 Å². The van der Waals surface area contributed by atoms with Gasteiger partial charge in [-0.2, -0.15) is 0 Å². The molecule has 0 unspecified atom stereocenters. The maximum atomic E-state index is 13.0. The molecule has 0 atom stereocenters. The number of nitrogens with zero attached hydrogens (tertiary/aromatic N) is 1. The van der Waals surface area contributed by atoms with E-state index >= 15 is 0 Å². The van der Waals surface area contributed by atoms with Gasteiger partial charge >= 0.3 is 0 Å². The number of carbonyl (C=O) groups is 2. The Balaban J connectivity index is 1.63. The molecule has 24 heavy (non-hydrogen) atoms. The molecule has 1 saturated carbocycles. The second-order valence-corrected chi connectivity index (χ2v) is 6.75. The third kappa shape index (κ3) is 4.18. The normalized spacial score (nSPS) is 13.9. The Morgan fingerprint density at radius 3 is 2.58 bits per heavy atom. The fourth-order valence-corrected chi connectivity index (χ4v) is 3.34. The van der Waals surface area contributed by atoms with Gasteiger partial charge in [0.25, 0.3) is 5.91 Å². The van der Waals surface area contributed by atoms with Crippen molar-refractivity contribution in [2.75, 3.05) is 11.9 Å². The van der Waals surface area contributed by atoms with Crippen LogP contribution in [0.15, 0.2) is 35.7 Å². The van der Waals surface area contributed by atoms with Gasteiger partial charge in [-0.3, -0.25) is 14.5 Å². The van der Waals surface area contributed by atoms with Gasteiger partial charge in [-0.15, -0.1) is 11.3 Å². The predicted octanol–water partition coefficient (Wildman–Crippen LogP) is 2.59. The number of hydrogen-bond acceptors (Lipinski definition) is 4. The molecule has 126 valence electrons. The summed E-state index contributed by atoms with van der Waals surface area (Å²) in [6.07, 6.45) is 2.11. The van der Waals surface area contributed by atoms with Gasteiger partial charge in [0.1, 0.15) is 10.8 Å². The van der Waals surface area contributed by atoms with E-state index in [-0.39, 0.29) is 18.3 Å². The molecule has 1 fully saturated rings. The van der Waals surface area contributed by atoms with Crippen LogP contribution in [0.4, 0.5) is 9.39 Å². The van der Waals surface area contributed by atoms with Crippen molar-refractivity contribution in [1.82, 2.24) is 4.90 Å². The van der Waals surface area contributed by atoms with Gasteiger partial charge in [-0.25, -0.2) is 4.39 Å². The van der Waals surface area contributed by atoms with Crippen molar-refractivity contribution in [3.05, 3.63) is 52.7 Å². The van der Waals surface area contributed by atoms with E-state index in [1.54, 1.807) is 23.6 Å². The Kier molecular flexibility index (Phi) is 4.92. The first-order valence-corrected chi connectivity index (χ1v) is 8.56. The fraction of sp³-hybridized carbons (Fsp3) is 0.294. The molecule has 2 aromatic rings. The number of hydrogen-bond donors (Lipinski definition) is 2. The Labute approximate surface area is 143 Å². The van der Waals surface area contributed by atoms with E-state index in [4.69, 9.17) is 5.73 Å². The Bertz CT molecular complexity index is 741. The monoisotopic (exact) mass is 347 g/mol. The van der Waals surface area contributed by atoms with Crippen LogP contribution in [0.25, 0.3) is 0 Å². The summed E-state index contributed by atoms with van der Waals surface area (Å²) in [7, 11) is 0. The summed E-state index contributed by atoms with van der Waals surface area (Å²) in [5.74, 6) is -1.02. The van der Waals surface area contributed by atoms with E-state index in [9.17, 15) is 14.0 Å². The van der Waals surface area contributed by atoms with Crippen LogP contribution in [0.1, 0.15) is 28.8 Å². The molecule has 0 bridgehead atoms. The average molecular weight is 347 g/mol. The van der Waals surface area contributed by atoms with E-state index in [0.717, 1.165) is 18.4 Å². The second kappa shape index (κ2) is 7.11. The van der Waals surface area contributed by atoms with Gasteiger partial charge in [-0.05, 0) is 42.0 Å². The Hall–Kier alpha value is -2.25. The number of thiophene rings is 1. The van der Waals surface area contributed by atoms with Crippen molar-refractivity contribution >= 4 is 28.2 Å². The van der Waals surface area contributed by atoms with Crippen LogP contribution in [-0.2, 0) is 11.3 Å². The number of nitrogens with one attached hydrogen (secondary N) is 1. The highest BCUT2D eigenvalue weighted by molar-refractivity contribution is 7.14. The molecular formula is C17H18FN3O2S. The van der Waals surface area contributed by atoms with Gasteiger partial charge in [0.15, 0.2) is 0 Å². The molecule has 1 heterocycles. The molecule has 1 aliphatic rings. The molecule has 0 saturated heterocycles. The lowest BCUT2D eigenvalue weighted by molar-refractivity contribution is -0.117. The molecule has 1 aromatic heterocycles. The number of anilines is 1. The highest BCUT2D eigenvalue weighted by atomic mass is 32.1. The van der Waals surface area contributed by atoms with Crippen molar-refractivity contribution in [2.45, 2.75) is 25.4 Å². The van der Waals surface area contributed by atoms with Crippen LogP contribution in [0, 0.1) is 5.82 Å². The molecular weight excluding hydrogens is 329 g/mol. The molecule has 3 rings (SSSR count). The van der Waals surface area contributed by atoms with Crippen molar-refractivity contribution in [1.29, 1.82) is 0 Å². The van der Waals surface area contributed by atoms with Crippen LogP contribution < -0.4 is 11.1 Å². The summed E-state index contributed by atoms with van der Waals surface area (Å²) in [4.78, 5) is 25.7. The van der Waals surface area contributed by atoms with Gasteiger partial charge in [0.05, 0.1) is 12.1 Å². The van der Waals surface area contributed by atoms with E-state index in [1.165, 1.54) is 23.5 Å². The first-order chi connectivity index (χ1) is 11.5. The lowest BCUT2D eigenvalue weighted by Crippen LogP contribution is -2.34. The molecule has 1 aliphatic carbocycles. The summed E-state index contributed by atoms with van der Waals surface area (Å²) in [5.41, 5.74) is 6.57. The Morgan fingerprint density at radius 1 is 1.25 bits per heavy atom. The summed E-state index contributed by atoms with van der Waals surface area (Å²) in [6, 6.07) is 8.27. The van der Waals surface area contributed by atoms with Crippen LogP contribution >= 0.6 is 11.3 Å². The average Bonchev–Trinajstić information content (AvgIpc) is 3.28. The second-order valence-electron chi connectivity index (χ2n) is 5.84. The minimum atomic E-state index is -0.558. The molecule has 0 spiro atoms. The highest BCUT2D eigenvalue weighted by Crippen LogP contribution is 2.28. The lowest BCUT2D eigenvalue weighted by Gasteiger charge is -2.21. The summed E-state index contributed by atoms with van der Waals surface area (Å²) >= 11 is 1.27. The number of nitrogens with two attached hydrogens (primary N) is 1. The summed E-state index contributed by atoms with van der Waals surface area (Å²) < 4.78 is 13.0. The standard InChI is InChI=1S/C17H18FN3O2S/c18-12-3-1-11(2-4-12)9-21(13-5-6-13)10-15(22)20-17-14(16(19)23)7-8-24-17/h1-4,7-8,13H,5-6,9-10H2,(H2,19,23)(H,20,22). The first kappa shape index (κ1) is 16.6. The van der Waals surface area contributed by atoms with Gasteiger partial charge in [0, 0.05) is 12.6 Å². The van der Waals surface area contributed by atoms with Gasteiger partial charge in [-0.1, -0.05) is 12.1 Å². The minimum Gasteiger partial charge on any atom is -0.366 e. The molecule has 0 radical (unpaired) electrons.